The fraction of sp³-hybridized carbons (Fsp3) is 0.435. The van der Waals surface area contributed by atoms with Crippen molar-refractivity contribution in [2.45, 2.75) is 25.1 Å². The summed E-state index contributed by atoms with van der Waals surface area (Å²) in [6.07, 6.45) is -3.32. The maximum Gasteiger partial charge on any atom is 0.430 e. The smallest absolute Gasteiger partial charge is 0.430 e. The van der Waals surface area contributed by atoms with Crippen LogP contribution in [-0.2, 0) is 17.6 Å². The summed E-state index contributed by atoms with van der Waals surface area (Å²) in [6.45, 7) is 1.06. The number of ether oxygens (including phenoxy) is 3. The fourth-order valence-electron chi connectivity index (χ4n) is 4.60. The average molecular weight is 469 g/mol. The van der Waals surface area contributed by atoms with Gasteiger partial charge in [-0.1, -0.05) is 6.07 Å². The van der Waals surface area contributed by atoms with Crippen molar-refractivity contribution in [1.29, 1.82) is 0 Å². The van der Waals surface area contributed by atoms with E-state index < -0.39 is 12.1 Å². The van der Waals surface area contributed by atoms with Gasteiger partial charge in [-0.3, -0.25) is 0 Å². The molecule has 0 saturated heterocycles. The third kappa shape index (κ3) is 4.27. The van der Waals surface area contributed by atoms with E-state index in [1.165, 1.54) is 16.7 Å². The SMILES string of the molecule is COc1cc2c3c(c1O)-c1c(ccc(OC)c1OC)C[C@@H]3[N+](C)(C)CC2.O=C([O-])C(F)(F)F. The van der Waals surface area contributed by atoms with Crippen molar-refractivity contribution < 1.29 is 46.9 Å². The second-order valence-electron chi connectivity index (χ2n) is 8.47. The largest absolute Gasteiger partial charge is 0.542 e. The Morgan fingerprint density at radius 3 is 2.18 bits per heavy atom. The minimum atomic E-state index is -5.19. The Bertz CT molecular complexity index is 1080. The highest BCUT2D eigenvalue weighted by molar-refractivity contribution is 5.88. The number of hydrogen-bond donors (Lipinski definition) is 1. The molecular formula is C23H26F3NO6. The van der Waals surface area contributed by atoms with Gasteiger partial charge in [0.25, 0.3) is 0 Å². The van der Waals surface area contributed by atoms with Gasteiger partial charge in [0.05, 0.1) is 42.0 Å². The number of halogens is 3. The number of carboxylic acids is 1. The zero-order valence-corrected chi connectivity index (χ0v) is 19.0. The Morgan fingerprint density at radius 2 is 1.67 bits per heavy atom. The molecule has 2 aromatic carbocycles. The van der Waals surface area contributed by atoms with Crippen LogP contribution in [-0.4, -0.2) is 63.7 Å². The number of methoxy groups -OCH3 is 3. The van der Waals surface area contributed by atoms with Gasteiger partial charge in [0, 0.05) is 29.5 Å². The summed E-state index contributed by atoms with van der Waals surface area (Å²) in [5, 5.41) is 19.9. The van der Waals surface area contributed by atoms with Crippen molar-refractivity contribution in [2.75, 3.05) is 42.0 Å². The van der Waals surface area contributed by atoms with Crippen LogP contribution >= 0.6 is 0 Å². The summed E-state index contributed by atoms with van der Waals surface area (Å²) in [6, 6.07) is 6.34. The van der Waals surface area contributed by atoms with Crippen LogP contribution in [0.4, 0.5) is 13.2 Å². The zero-order valence-electron chi connectivity index (χ0n) is 19.0. The Hall–Kier alpha value is -3.14. The third-order valence-electron chi connectivity index (χ3n) is 6.27. The van der Waals surface area contributed by atoms with Crippen LogP contribution in [0.25, 0.3) is 11.1 Å². The molecule has 1 heterocycles. The summed E-state index contributed by atoms with van der Waals surface area (Å²) < 4.78 is 49.2. The minimum Gasteiger partial charge on any atom is -0.542 e. The molecule has 4 rings (SSSR count). The number of aliphatic carboxylic acids is 1. The lowest BCUT2D eigenvalue weighted by Crippen LogP contribution is -2.49. The van der Waals surface area contributed by atoms with Gasteiger partial charge in [-0.05, 0) is 23.3 Å². The topological polar surface area (TPSA) is 88.1 Å². The number of quaternary nitrogens is 1. The van der Waals surface area contributed by atoms with Gasteiger partial charge in [-0.15, -0.1) is 0 Å². The first kappa shape index (κ1) is 24.5. The number of rotatable bonds is 3. The van der Waals surface area contributed by atoms with Gasteiger partial charge in [0.2, 0.25) is 0 Å². The van der Waals surface area contributed by atoms with Crippen LogP contribution in [0.15, 0.2) is 18.2 Å². The lowest BCUT2D eigenvalue weighted by molar-refractivity contribution is -0.923. The van der Waals surface area contributed by atoms with E-state index in [1.54, 1.807) is 21.3 Å². The molecule has 1 aliphatic heterocycles. The molecule has 1 aliphatic carbocycles. The number of aromatic hydroxyl groups is 1. The molecule has 180 valence electrons. The van der Waals surface area contributed by atoms with Crippen LogP contribution < -0.4 is 19.3 Å². The first-order valence-electron chi connectivity index (χ1n) is 10.1. The lowest BCUT2D eigenvalue weighted by Gasteiger charge is -2.46. The molecule has 2 aromatic rings. The molecule has 0 amide bonds. The highest BCUT2D eigenvalue weighted by atomic mass is 19.4. The molecule has 0 saturated carbocycles. The molecule has 1 N–H and O–H groups in total. The van der Waals surface area contributed by atoms with E-state index >= 15 is 0 Å². The number of nitrogens with zero attached hydrogens (tertiary/aromatic N) is 1. The van der Waals surface area contributed by atoms with E-state index in [1.807, 2.05) is 12.1 Å². The number of carbonyl (C=O) groups excluding carboxylic acids is 1. The second-order valence-corrected chi connectivity index (χ2v) is 8.47. The quantitative estimate of drug-likeness (QED) is 0.696. The normalized spacial score (nSPS) is 17.6. The molecule has 0 aromatic heterocycles. The van der Waals surface area contributed by atoms with Crippen molar-refractivity contribution in [3.63, 3.8) is 0 Å². The van der Waals surface area contributed by atoms with Crippen LogP contribution in [0.1, 0.15) is 22.7 Å². The van der Waals surface area contributed by atoms with Crippen LogP contribution in [0.2, 0.25) is 0 Å². The first-order chi connectivity index (χ1) is 15.4. The van der Waals surface area contributed by atoms with E-state index in [-0.39, 0.29) is 5.75 Å². The summed E-state index contributed by atoms with van der Waals surface area (Å²) in [4.78, 5) is 8.78. The number of benzene rings is 2. The predicted octanol–water partition coefficient (Wildman–Crippen LogP) is 2.61. The zero-order chi connectivity index (χ0) is 24.7. The third-order valence-corrected chi connectivity index (χ3v) is 6.27. The van der Waals surface area contributed by atoms with Crippen molar-refractivity contribution >= 4 is 5.97 Å². The Balaban J connectivity index is 0.000000383. The Kier molecular flexibility index (Phi) is 6.43. The van der Waals surface area contributed by atoms with Gasteiger partial charge >= 0.3 is 6.18 Å². The molecule has 0 radical (unpaired) electrons. The van der Waals surface area contributed by atoms with Crippen molar-refractivity contribution in [3.8, 4) is 34.1 Å². The van der Waals surface area contributed by atoms with Gasteiger partial charge in [0.1, 0.15) is 12.0 Å². The molecule has 33 heavy (non-hydrogen) atoms. The predicted molar refractivity (Wildman–Crippen MR) is 111 cm³/mol. The number of carbonyl (C=O) groups is 1. The Morgan fingerprint density at radius 1 is 1.06 bits per heavy atom. The maximum atomic E-state index is 11.1. The number of likely N-dealkylation sites (N-methyl/N-ethyl adjacent to an activating group) is 1. The van der Waals surface area contributed by atoms with Crippen LogP contribution in [0, 0.1) is 0 Å². The number of phenols is 1. The molecule has 1 atom stereocenters. The summed E-state index contributed by atoms with van der Waals surface area (Å²) in [5.74, 6) is -0.962. The van der Waals surface area contributed by atoms with Crippen molar-refractivity contribution in [3.05, 3.63) is 34.9 Å². The standard InChI is InChI=1S/C21H25NO4.C2HF3O2/c1-22(2)9-8-13-11-16(25-4)20(23)19-17(13)14(22)10-12-6-7-15(24-3)21(26-5)18(12)19;3-2(4,5)1(6)7/h6-7,11,14H,8-10H2,1-5H3;(H,6,7)/t14-;/m0./s1. The highest BCUT2D eigenvalue weighted by Gasteiger charge is 2.44. The van der Waals surface area contributed by atoms with Crippen molar-refractivity contribution in [1.82, 2.24) is 0 Å². The van der Waals surface area contributed by atoms with E-state index in [2.05, 4.69) is 20.2 Å². The van der Waals surface area contributed by atoms with E-state index in [0.717, 1.165) is 35.0 Å². The molecule has 0 bridgehead atoms. The van der Waals surface area contributed by atoms with E-state index in [9.17, 15) is 18.3 Å². The van der Waals surface area contributed by atoms with Gasteiger partial charge in [-0.2, -0.15) is 13.2 Å². The molecule has 0 unspecified atom stereocenters. The summed E-state index contributed by atoms with van der Waals surface area (Å²) in [5.41, 5.74) is 5.42. The number of alkyl halides is 3. The van der Waals surface area contributed by atoms with Gasteiger partial charge < -0.3 is 33.7 Å². The molecule has 7 nitrogen and oxygen atoms in total. The molecule has 10 heteroatoms. The number of carboxylic acid groups (broad SMARTS) is 1. The fourth-order valence-corrected chi connectivity index (χ4v) is 4.60. The highest BCUT2D eigenvalue weighted by Crippen LogP contribution is 2.56. The summed E-state index contributed by atoms with van der Waals surface area (Å²) in [7, 11) is 9.42. The van der Waals surface area contributed by atoms with Gasteiger partial charge in [0.15, 0.2) is 23.0 Å². The average Bonchev–Trinajstić information content (AvgIpc) is 2.75. The van der Waals surface area contributed by atoms with Gasteiger partial charge in [-0.25, -0.2) is 0 Å². The monoisotopic (exact) mass is 469 g/mol. The molecule has 0 fully saturated rings. The number of phenolic OH excluding ortho intramolecular Hbond substituents is 1. The second kappa shape index (κ2) is 8.66. The maximum absolute atomic E-state index is 11.1. The number of hydrogen-bond acceptors (Lipinski definition) is 6. The van der Waals surface area contributed by atoms with Crippen molar-refractivity contribution in [2.24, 2.45) is 0 Å². The van der Waals surface area contributed by atoms with E-state index in [0.29, 0.717) is 23.3 Å². The van der Waals surface area contributed by atoms with Crippen LogP contribution in [0.3, 0.4) is 0 Å². The lowest BCUT2D eigenvalue weighted by atomic mass is 9.75. The first-order valence-corrected chi connectivity index (χ1v) is 10.1. The number of fused-ring (bicyclic) bond motifs is 2. The summed E-state index contributed by atoms with van der Waals surface area (Å²) >= 11 is 0. The molecule has 2 aliphatic rings. The van der Waals surface area contributed by atoms with Crippen LogP contribution in [0.5, 0.6) is 23.0 Å². The minimum absolute atomic E-state index is 0.186. The van der Waals surface area contributed by atoms with E-state index in [4.69, 9.17) is 24.1 Å². The molecule has 0 spiro atoms. The molecular weight excluding hydrogens is 443 g/mol. The Labute approximate surface area is 189 Å².